The highest BCUT2D eigenvalue weighted by atomic mass is 32.2. The van der Waals surface area contributed by atoms with Gasteiger partial charge in [-0.1, -0.05) is 23.9 Å². The van der Waals surface area contributed by atoms with E-state index < -0.39 is 0 Å². The van der Waals surface area contributed by atoms with E-state index >= 15 is 0 Å². The number of thioether (sulfide) groups is 1. The Labute approximate surface area is 167 Å². The fourth-order valence-electron chi connectivity index (χ4n) is 2.60. The second-order valence-electron chi connectivity index (χ2n) is 6.32. The van der Waals surface area contributed by atoms with Crippen molar-refractivity contribution in [3.05, 3.63) is 70.0 Å². The molecule has 6 nitrogen and oxygen atoms in total. The highest BCUT2D eigenvalue weighted by Crippen LogP contribution is 2.22. The van der Waals surface area contributed by atoms with Gasteiger partial charge in [0.25, 0.3) is 5.56 Å². The number of aromatic amines is 1. The zero-order valence-corrected chi connectivity index (χ0v) is 16.7. The molecule has 0 radical (unpaired) electrons. The van der Waals surface area contributed by atoms with Crippen molar-refractivity contribution in [2.75, 3.05) is 18.2 Å². The molecule has 0 spiro atoms. The van der Waals surface area contributed by atoms with Crippen LogP contribution in [0.2, 0.25) is 0 Å². The number of aryl methyl sites for hydroxylation is 2. The number of anilines is 1. The summed E-state index contributed by atoms with van der Waals surface area (Å²) in [5, 5.41) is 3.30. The topological polar surface area (TPSA) is 84.1 Å². The number of H-pyrrole nitrogens is 1. The van der Waals surface area contributed by atoms with E-state index in [1.54, 1.807) is 7.11 Å². The molecule has 1 amide bonds. The molecule has 7 heteroatoms. The van der Waals surface area contributed by atoms with Gasteiger partial charge in [0, 0.05) is 17.3 Å². The predicted octanol–water partition coefficient (Wildman–Crippen LogP) is 3.79. The van der Waals surface area contributed by atoms with Gasteiger partial charge >= 0.3 is 0 Å². The van der Waals surface area contributed by atoms with Crippen molar-refractivity contribution in [2.45, 2.75) is 19.0 Å². The molecule has 0 unspecified atom stereocenters. The summed E-state index contributed by atoms with van der Waals surface area (Å²) in [6.45, 7) is 3.92. The van der Waals surface area contributed by atoms with Crippen LogP contribution in [-0.4, -0.2) is 28.7 Å². The molecule has 2 aromatic carbocycles. The monoisotopic (exact) mass is 395 g/mol. The number of carbonyl (C=O) groups excluding carboxylic acids is 1. The molecule has 1 aromatic heterocycles. The third-order valence-corrected chi connectivity index (χ3v) is 4.99. The Kier molecular flexibility index (Phi) is 6.16. The lowest BCUT2D eigenvalue weighted by Crippen LogP contribution is -2.16. The predicted molar refractivity (Wildman–Crippen MR) is 112 cm³/mol. The fraction of sp³-hybridized carbons (Fsp3) is 0.190. The highest BCUT2D eigenvalue weighted by molar-refractivity contribution is 7.99. The quantitative estimate of drug-likeness (QED) is 0.490. The largest absolute Gasteiger partial charge is 0.497 e. The van der Waals surface area contributed by atoms with Crippen LogP contribution < -0.4 is 15.6 Å². The van der Waals surface area contributed by atoms with Gasteiger partial charge in [-0.15, -0.1) is 0 Å². The Morgan fingerprint density at radius 1 is 1.14 bits per heavy atom. The average Bonchev–Trinajstić information content (AvgIpc) is 2.69. The summed E-state index contributed by atoms with van der Waals surface area (Å²) in [6, 6.07) is 14.6. The van der Waals surface area contributed by atoms with E-state index in [9.17, 15) is 9.59 Å². The minimum Gasteiger partial charge on any atom is -0.497 e. The Hall–Kier alpha value is -3.06. The first-order chi connectivity index (χ1) is 13.4. The van der Waals surface area contributed by atoms with Crippen molar-refractivity contribution in [3.63, 3.8) is 0 Å². The Balaban J connectivity index is 1.70. The van der Waals surface area contributed by atoms with Gasteiger partial charge < -0.3 is 15.0 Å². The molecule has 0 saturated heterocycles. The molecule has 3 aromatic rings. The summed E-state index contributed by atoms with van der Waals surface area (Å²) in [7, 11) is 1.60. The summed E-state index contributed by atoms with van der Waals surface area (Å²) < 4.78 is 5.15. The molecule has 0 aliphatic rings. The molecule has 144 valence electrons. The van der Waals surface area contributed by atoms with Crippen molar-refractivity contribution in [1.29, 1.82) is 0 Å². The molecule has 1 heterocycles. The van der Waals surface area contributed by atoms with Crippen LogP contribution in [0.3, 0.4) is 0 Å². The maximum atomic E-state index is 12.3. The molecule has 0 bridgehead atoms. The van der Waals surface area contributed by atoms with Crippen molar-refractivity contribution < 1.29 is 9.53 Å². The van der Waals surface area contributed by atoms with Crippen LogP contribution >= 0.6 is 11.8 Å². The number of methoxy groups -OCH3 is 1. The fourth-order valence-corrected chi connectivity index (χ4v) is 3.28. The molecular formula is C21H21N3O3S. The van der Waals surface area contributed by atoms with Gasteiger partial charge in [0.05, 0.1) is 18.6 Å². The zero-order valence-electron chi connectivity index (χ0n) is 15.9. The first kappa shape index (κ1) is 19.7. The van der Waals surface area contributed by atoms with Gasteiger partial charge in [0.15, 0.2) is 5.16 Å². The maximum Gasteiger partial charge on any atom is 0.252 e. The maximum absolute atomic E-state index is 12.3. The number of ether oxygens (including phenoxy) is 1. The third-order valence-electron chi connectivity index (χ3n) is 4.11. The van der Waals surface area contributed by atoms with Crippen LogP contribution in [0.5, 0.6) is 5.75 Å². The second-order valence-corrected chi connectivity index (χ2v) is 7.28. The zero-order chi connectivity index (χ0) is 20.1. The van der Waals surface area contributed by atoms with E-state index in [1.165, 1.54) is 17.8 Å². The summed E-state index contributed by atoms with van der Waals surface area (Å²) >= 11 is 1.19. The van der Waals surface area contributed by atoms with Crippen molar-refractivity contribution >= 4 is 23.4 Å². The third kappa shape index (κ3) is 5.01. The number of aromatic nitrogens is 2. The number of hydrogen-bond acceptors (Lipinski definition) is 5. The van der Waals surface area contributed by atoms with Gasteiger partial charge in [0.1, 0.15) is 5.75 Å². The lowest BCUT2D eigenvalue weighted by Gasteiger charge is -2.09. The lowest BCUT2D eigenvalue weighted by atomic mass is 10.1. The highest BCUT2D eigenvalue weighted by Gasteiger charge is 2.09. The lowest BCUT2D eigenvalue weighted by molar-refractivity contribution is -0.113. The normalized spacial score (nSPS) is 10.5. The van der Waals surface area contributed by atoms with Gasteiger partial charge in [-0.2, -0.15) is 0 Å². The minimum atomic E-state index is -0.266. The Morgan fingerprint density at radius 2 is 1.89 bits per heavy atom. The van der Waals surface area contributed by atoms with Crippen LogP contribution in [0.4, 0.5) is 5.69 Å². The first-order valence-corrected chi connectivity index (χ1v) is 9.69. The van der Waals surface area contributed by atoms with E-state index in [4.69, 9.17) is 4.74 Å². The Bertz CT molecular complexity index is 1050. The molecule has 0 atom stereocenters. The summed E-state index contributed by atoms with van der Waals surface area (Å²) in [5.41, 5.74) is 3.94. The molecule has 0 aliphatic carbocycles. The number of amides is 1. The number of nitrogens with one attached hydrogen (secondary N) is 2. The molecular weight excluding hydrogens is 374 g/mol. The van der Waals surface area contributed by atoms with Crippen LogP contribution in [-0.2, 0) is 4.79 Å². The van der Waals surface area contributed by atoms with E-state index in [0.717, 1.165) is 28.1 Å². The minimum absolute atomic E-state index is 0.141. The van der Waals surface area contributed by atoms with Crippen molar-refractivity contribution in [2.24, 2.45) is 0 Å². The summed E-state index contributed by atoms with van der Waals surface area (Å²) in [4.78, 5) is 31.4. The van der Waals surface area contributed by atoms with E-state index in [2.05, 4.69) is 15.3 Å². The van der Waals surface area contributed by atoms with Gasteiger partial charge in [0.2, 0.25) is 5.91 Å². The molecule has 0 aliphatic heterocycles. The number of benzene rings is 2. The van der Waals surface area contributed by atoms with Crippen LogP contribution in [0.15, 0.2) is 58.5 Å². The van der Waals surface area contributed by atoms with Crippen molar-refractivity contribution in [1.82, 2.24) is 9.97 Å². The molecule has 28 heavy (non-hydrogen) atoms. The van der Waals surface area contributed by atoms with E-state index in [-0.39, 0.29) is 17.2 Å². The molecule has 0 fully saturated rings. The number of nitrogens with zero attached hydrogens (tertiary/aromatic N) is 1. The van der Waals surface area contributed by atoms with Crippen LogP contribution in [0, 0.1) is 13.8 Å². The number of carbonyl (C=O) groups is 1. The summed E-state index contributed by atoms with van der Waals surface area (Å²) in [6.07, 6.45) is 0. The standard InChI is InChI=1S/C21H21N3O3S/c1-13-4-5-14(2)17(10-13)22-20(26)12-28-21-23-18(11-19(25)24-21)15-6-8-16(27-3)9-7-15/h4-11H,12H2,1-3H3,(H,22,26)(H,23,24,25). The number of hydrogen-bond donors (Lipinski definition) is 2. The Morgan fingerprint density at radius 3 is 2.61 bits per heavy atom. The molecule has 3 rings (SSSR count). The van der Waals surface area contributed by atoms with Gasteiger partial charge in [-0.25, -0.2) is 4.98 Å². The van der Waals surface area contributed by atoms with E-state index in [1.807, 2.05) is 56.3 Å². The number of rotatable bonds is 6. The van der Waals surface area contributed by atoms with E-state index in [0.29, 0.717) is 10.9 Å². The van der Waals surface area contributed by atoms with Crippen molar-refractivity contribution in [3.8, 4) is 17.0 Å². The van der Waals surface area contributed by atoms with Gasteiger partial charge in [-0.3, -0.25) is 9.59 Å². The molecule has 0 saturated carbocycles. The summed E-state index contributed by atoms with van der Waals surface area (Å²) in [5.74, 6) is 0.713. The first-order valence-electron chi connectivity index (χ1n) is 8.70. The van der Waals surface area contributed by atoms with Crippen LogP contribution in [0.25, 0.3) is 11.3 Å². The van der Waals surface area contributed by atoms with Crippen LogP contribution in [0.1, 0.15) is 11.1 Å². The average molecular weight is 395 g/mol. The molecule has 2 N–H and O–H groups in total. The smallest absolute Gasteiger partial charge is 0.252 e. The van der Waals surface area contributed by atoms with Gasteiger partial charge in [-0.05, 0) is 55.3 Å². The SMILES string of the molecule is COc1ccc(-c2cc(=O)[nH]c(SCC(=O)Nc3cc(C)ccc3C)n2)cc1. The second kappa shape index (κ2) is 8.75.